The van der Waals surface area contributed by atoms with E-state index < -0.39 is 21.4 Å². The van der Waals surface area contributed by atoms with E-state index in [-0.39, 0.29) is 28.9 Å². The Morgan fingerprint density at radius 3 is 2.29 bits per heavy atom. The molecule has 2 fully saturated rings. The molecule has 31 heavy (non-hydrogen) atoms. The first-order chi connectivity index (χ1) is 14.8. The number of halogens is 1. The summed E-state index contributed by atoms with van der Waals surface area (Å²) in [6.07, 6.45) is 1.46. The van der Waals surface area contributed by atoms with Crippen molar-refractivity contribution in [3.05, 3.63) is 59.1 Å². The van der Waals surface area contributed by atoms with Crippen LogP contribution in [0.5, 0.6) is 0 Å². The molecule has 2 aromatic rings. The van der Waals surface area contributed by atoms with Gasteiger partial charge in [0.2, 0.25) is 15.9 Å². The third-order valence-electron chi connectivity index (χ3n) is 6.25. The molecular formula is C22H23ClN2O5S. The fraction of sp³-hybridized carbons (Fsp3) is 0.364. The van der Waals surface area contributed by atoms with Gasteiger partial charge in [0.25, 0.3) is 0 Å². The molecule has 0 N–H and O–H groups in total. The van der Waals surface area contributed by atoms with E-state index in [1.807, 2.05) is 0 Å². The number of carbonyl (C=O) groups excluding carboxylic acids is 2. The maximum atomic E-state index is 13.4. The van der Waals surface area contributed by atoms with Gasteiger partial charge < -0.3 is 9.64 Å². The van der Waals surface area contributed by atoms with Crippen LogP contribution in [0.2, 0.25) is 5.02 Å². The highest BCUT2D eigenvalue weighted by Crippen LogP contribution is 2.44. The van der Waals surface area contributed by atoms with Crippen molar-refractivity contribution in [3.63, 3.8) is 0 Å². The third-order valence-corrected chi connectivity index (χ3v) is 8.65. The van der Waals surface area contributed by atoms with E-state index in [0.29, 0.717) is 37.1 Å². The fourth-order valence-electron chi connectivity index (χ4n) is 4.45. The number of anilines is 1. The summed E-state index contributed by atoms with van der Waals surface area (Å²) in [6, 6.07) is 13.2. The predicted octanol–water partition coefficient (Wildman–Crippen LogP) is 3.33. The smallest absolute Gasteiger partial charge is 0.339 e. The van der Waals surface area contributed by atoms with Crippen molar-refractivity contribution >= 4 is 39.2 Å². The number of carbonyl (C=O) groups is 2. The molecule has 0 radical (unpaired) electrons. The predicted molar refractivity (Wildman–Crippen MR) is 117 cm³/mol. The van der Waals surface area contributed by atoms with Crippen LogP contribution in [-0.2, 0) is 19.6 Å². The molecule has 2 saturated heterocycles. The van der Waals surface area contributed by atoms with Crippen molar-refractivity contribution in [2.75, 3.05) is 31.6 Å². The second-order valence-corrected chi connectivity index (χ2v) is 10.1. The molecular weight excluding hydrogens is 440 g/mol. The average molecular weight is 463 g/mol. The standard InChI is InChI=1S/C22H23ClN2O5S/c1-30-20(26)16-6-2-4-8-18(16)25-15-12-22(21(25)27)10-13-24(14-11-22)31(28,29)19-9-5-3-7-17(19)23/h2-9H,10-15H2,1H3. The van der Waals surface area contributed by atoms with E-state index in [1.165, 1.54) is 17.5 Å². The van der Waals surface area contributed by atoms with Crippen molar-refractivity contribution in [2.24, 2.45) is 5.41 Å². The number of nitrogens with zero attached hydrogens (tertiary/aromatic N) is 2. The number of rotatable bonds is 4. The molecule has 2 aliphatic rings. The lowest BCUT2D eigenvalue weighted by molar-refractivity contribution is -0.127. The zero-order valence-electron chi connectivity index (χ0n) is 17.1. The van der Waals surface area contributed by atoms with Crippen LogP contribution >= 0.6 is 11.6 Å². The number of ether oxygens (including phenoxy) is 1. The van der Waals surface area contributed by atoms with Gasteiger partial charge in [-0.3, -0.25) is 4.79 Å². The van der Waals surface area contributed by atoms with E-state index in [2.05, 4.69) is 0 Å². The van der Waals surface area contributed by atoms with Crippen LogP contribution in [0.3, 0.4) is 0 Å². The number of piperidine rings is 1. The first-order valence-corrected chi connectivity index (χ1v) is 11.9. The number of methoxy groups -OCH3 is 1. The van der Waals surface area contributed by atoms with Gasteiger partial charge in [-0.1, -0.05) is 35.9 Å². The summed E-state index contributed by atoms with van der Waals surface area (Å²) in [5.41, 5.74) is 0.243. The maximum Gasteiger partial charge on any atom is 0.339 e. The molecule has 0 bridgehead atoms. The molecule has 0 saturated carbocycles. The lowest BCUT2D eigenvalue weighted by atomic mass is 9.77. The Balaban J connectivity index is 1.54. The first kappa shape index (κ1) is 21.8. The Hall–Kier alpha value is -2.42. The molecule has 1 amide bonds. The molecule has 164 valence electrons. The molecule has 1 spiro atoms. The van der Waals surface area contributed by atoms with Crippen molar-refractivity contribution in [1.82, 2.24) is 4.31 Å². The Kier molecular flexibility index (Phi) is 5.81. The lowest BCUT2D eigenvalue weighted by Gasteiger charge is -2.37. The Labute approximate surface area is 186 Å². The molecule has 0 atom stereocenters. The van der Waals surface area contributed by atoms with Crippen molar-refractivity contribution in [1.29, 1.82) is 0 Å². The fourth-order valence-corrected chi connectivity index (χ4v) is 6.39. The average Bonchev–Trinajstić information content (AvgIpc) is 3.09. The monoisotopic (exact) mass is 462 g/mol. The zero-order chi connectivity index (χ0) is 22.2. The molecule has 2 aliphatic heterocycles. The summed E-state index contributed by atoms with van der Waals surface area (Å²) in [5, 5.41) is 0.185. The van der Waals surface area contributed by atoms with E-state index in [1.54, 1.807) is 47.4 Å². The number of sulfonamides is 1. The minimum Gasteiger partial charge on any atom is -0.465 e. The van der Waals surface area contributed by atoms with Gasteiger partial charge in [0.15, 0.2) is 0 Å². The molecule has 2 heterocycles. The summed E-state index contributed by atoms with van der Waals surface area (Å²) in [7, 11) is -2.42. The van der Waals surface area contributed by atoms with Crippen molar-refractivity contribution < 1.29 is 22.7 Å². The van der Waals surface area contributed by atoms with Crippen LogP contribution in [0.4, 0.5) is 5.69 Å². The normalized spacial score (nSPS) is 19.0. The number of hydrogen-bond acceptors (Lipinski definition) is 5. The summed E-state index contributed by atoms with van der Waals surface area (Å²) in [4.78, 5) is 27.3. The van der Waals surface area contributed by atoms with Crippen LogP contribution in [-0.4, -0.2) is 51.3 Å². The van der Waals surface area contributed by atoms with Crippen LogP contribution in [0.1, 0.15) is 29.6 Å². The van der Waals surface area contributed by atoms with Crippen molar-refractivity contribution in [3.8, 4) is 0 Å². The van der Waals surface area contributed by atoms with Crippen LogP contribution in [0.15, 0.2) is 53.4 Å². The molecule has 9 heteroatoms. The third kappa shape index (κ3) is 3.73. The largest absolute Gasteiger partial charge is 0.465 e. The highest BCUT2D eigenvalue weighted by atomic mass is 35.5. The molecule has 2 aromatic carbocycles. The van der Waals surface area contributed by atoms with E-state index in [9.17, 15) is 18.0 Å². The molecule has 7 nitrogen and oxygen atoms in total. The van der Waals surface area contributed by atoms with Gasteiger partial charge in [-0.15, -0.1) is 0 Å². The van der Waals surface area contributed by atoms with E-state index in [4.69, 9.17) is 16.3 Å². The Morgan fingerprint density at radius 1 is 1.00 bits per heavy atom. The van der Waals surface area contributed by atoms with Gasteiger partial charge in [0.1, 0.15) is 4.90 Å². The topological polar surface area (TPSA) is 84.0 Å². The van der Waals surface area contributed by atoms with Gasteiger partial charge in [0, 0.05) is 19.6 Å². The Morgan fingerprint density at radius 2 is 1.61 bits per heavy atom. The maximum absolute atomic E-state index is 13.4. The van der Waals surface area contributed by atoms with Gasteiger partial charge in [-0.25, -0.2) is 13.2 Å². The Bertz CT molecular complexity index is 1130. The van der Waals surface area contributed by atoms with Crippen LogP contribution in [0, 0.1) is 5.41 Å². The van der Waals surface area contributed by atoms with Gasteiger partial charge >= 0.3 is 5.97 Å². The summed E-state index contributed by atoms with van der Waals surface area (Å²) < 4.78 is 32.3. The number of hydrogen-bond donors (Lipinski definition) is 0. The lowest BCUT2D eigenvalue weighted by Crippen LogP contribution is -2.46. The van der Waals surface area contributed by atoms with Gasteiger partial charge in [0.05, 0.1) is 28.8 Å². The highest BCUT2D eigenvalue weighted by molar-refractivity contribution is 7.89. The quantitative estimate of drug-likeness (QED) is 0.651. The van der Waals surface area contributed by atoms with E-state index in [0.717, 1.165) is 0 Å². The minimum atomic E-state index is -3.73. The number of esters is 1. The van der Waals surface area contributed by atoms with Crippen LogP contribution < -0.4 is 4.90 Å². The summed E-state index contributed by atoms with van der Waals surface area (Å²) in [5.74, 6) is -0.566. The second-order valence-electron chi connectivity index (χ2n) is 7.83. The first-order valence-electron chi connectivity index (χ1n) is 10.0. The highest BCUT2D eigenvalue weighted by Gasteiger charge is 2.50. The molecule has 0 aromatic heterocycles. The zero-order valence-corrected chi connectivity index (χ0v) is 18.7. The molecule has 0 unspecified atom stereocenters. The summed E-state index contributed by atoms with van der Waals surface area (Å²) in [6.45, 7) is 0.960. The van der Waals surface area contributed by atoms with Gasteiger partial charge in [-0.2, -0.15) is 4.31 Å². The van der Waals surface area contributed by atoms with Crippen molar-refractivity contribution in [2.45, 2.75) is 24.2 Å². The van der Waals surface area contributed by atoms with Crippen LogP contribution in [0.25, 0.3) is 0 Å². The second kappa shape index (κ2) is 8.26. The molecule has 0 aliphatic carbocycles. The van der Waals surface area contributed by atoms with Gasteiger partial charge in [-0.05, 0) is 43.5 Å². The number of para-hydroxylation sites is 1. The molecule has 4 rings (SSSR count). The summed E-state index contributed by atoms with van der Waals surface area (Å²) >= 11 is 6.11. The number of benzene rings is 2. The van der Waals surface area contributed by atoms with E-state index >= 15 is 0 Å². The number of amides is 1. The SMILES string of the molecule is COC(=O)c1ccccc1N1CCC2(CCN(S(=O)(=O)c3ccccc3Cl)CC2)C1=O. The minimum absolute atomic E-state index is 0.0707.